The SMILES string of the molecule is CC(C)COCCNS(=O)(=O)c1ccc(C#N)cc1Cl. The van der Waals surface area contributed by atoms with Crippen molar-refractivity contribution in [3.8, 4) is 6.07 Å². The number of nitrogens with zero attached hydrogens (tertiary/aromatic N) is 1. The Kier molecular flexibility index (Phi) is 6.43. The summed E-state index contributed by atoms with van der Waals surface area (Å²) in [5.74, 6) is 0.402. The maximum atomic E-state index is 12.0. The average Bonchev–Trinajstić information content (AvgIpc) is 2.37. The van der Waals surface area contributed by atoms with E-state index < -0.39 is 10.0 Å². The zero-order valence-electron chi connectivity index (χ0n) is 11.4. The minimum atomic E-state index is -3.69. The number of hydrogen-bond acceptors (Lipinski definition) is 4. The van der Waals surface area contributed by atoms with Gasteiger partial charge in [0.05, 0.1) is 23.3 Å². The monoisotopic (exact) mass is 316 g/mol. The van der Waals surface area contributed by atoms with Crippen molar-refractivity contribution < 1.29 is 13.2 Å². The Labute approximate surface area is 124 Å². The van der Waals surface area contributed by atoms with Crippen molar-refractivity contribution in [3.63, 3.8) is 0 Å². The molecule has 1 rings (SSSR count). The van der Waals surface area contributed by atoms with Crippen molar-refractivity contribution in [2.75, 3.05) is 19.8 Å². The summed E-state index contributed by atoms with van der Waals surface area (Å²) in [5, 5.41) is 8.74. The molecule has 7 heteroatoms. The van der Waals surface area contributed by atoms with Gasteiger partial charge in [-0.1, -0.05) is 25.4 Å². The highest BCUT2D eigenvalue weighted by Gasteiger charge is 2.17. The van der Waals surface area contributed by atoms with Gasteiger partial charge in [-0.15, -0.1) is 0 Å². The van der Waals surface area contributed by atoms with E-state index in [4.69, 9.17) is 21.6 Å². The lowest BCUT2D eigenvalue weighted by Crippen LogP contribution is -2.28. The van der Waals surface area contributed by atoms with Crippen molar-refractivity contribution in [2.45, 2.75) is 18.7 Å². The minimum absolute atomic E-state index is 0.0275. The molecule has 110 valence electrons. The fourth-order valence-corrected chi connectivity index (χ4v) is 2.99. The lowest BCUT2D eigenvalue weighted by Gasteiger charge is -2.10. The molecular formula is C13H17ClN2O3S. The van der Waals surface area contributed by atoms with Crippen LogP contribution in [0.4, 0.5) is 0 Å². The number of halogens is 1. The zero-order valence-corrected chi connectivity index (χ0v) is 13.0. The quantitative estimate of drug-likeness (QED) is 0.782. The normalized spacial score (nSPS) is 11.6. The van der Waals surface area contributed by atoms with E-state index in [1.807, 2.05) is 19.9 Å². The van der Waals surface area contributed by atoms with Gasteiger partial charge in [0.25, 0.3) is 0 Å². The molecule has 5 nitrogen and oxygen atoms in total. The molecule has 0 aliphatic heterocycles. The maximum Gasteiger partial charge on any atom is 0.242 e. The molecule has 0 aliphatic carbocycles. The fraction of sp³-hybridized carbons (Fsp3) is 0.462. The molecular weight excluding hydrogens is 300 g/mol. The lowest BCUT2D eigenvalue weighted by molar-refractivity contribution is 0.114. The molecule has 0 bridgehead atoms. The van der Waals surface area contributed by atoms with Gasteiger partial charge in [-0.05, 0) is 24.1 Å². The molecule has 0 amide bonds. The summed E-state index contributed by atoms with van der Waals surface area (Å²) in [6, 6.07) is 5.95. The molecule has 0 saturated heterocycles. The average molecular weight is 317 g/mol. The summed E-state index contributed by atoms with van der Waals surface area (Å²) in [5.41, 5.74) is 0.314. The summed E-state index contributed by atoms with van der Waals surface area (Å²) in [4.78, 5) is -0.0398. The number of nitriles is 1. The van der Waals surface area contributed by atoms with Gasteiger partial charge in [-0.2, -0.15) is 5.26 Å². The van der Waals surface area contributed by atoms with Crippen LogP contribution in [0.25, 0.3) is 0 Å². The Morgan fingerprint density at radius 3 is 2.70 bits per heavy atom. The molecule has 0 radical (unpaired) electrons. The van der Waals surface area contributed by atoms with Crippen LogP contribution in [0, 0.1) is 17.2 Å². The summed E-state index contributed by atoms with van der Waals surface area (Å²) in [7, 11) is -3.69. The van der Waals surface area contributed by atoms with Crippen LogP contribution in [-0.2, 0) is 14.8 Å². The third-order valence-electron chi connectivity index (χ3n) is 2.34. The van der Waals surface area contributed by atoms with E-state index >= 15 is 0 Å². The van der Waals surface area contributed by atoms with Crippen molar-refractivity contribution in [1.82, 2.24) is 4.72 Å². The molecule has 0 atom stereocenters. The lowest BCUT2D eigenvalue weighted by atomic mass is 10.2. The zero-order chi connectivity index (χ0) is 15.2. The van der Waals surface area contributed by atoms with Gasteiger partial charge in [0.2, 0.25) is 10.0 Å². The third kappa shape index (κ3) is 5.10. The van der Waals surface area contributed by atoms with E-state index in [0.29, 0.717) is 24.7 Å². The number of rotatable bonds is 7. The molecule has 20 heavy (non-hydrogen) atoms. The third-order valence-corrected chi connectivity index (χ3v) is 4.28. The summed E-state index contributed by atoms with van der Waals surface area (Å²) in [6.45, 7) is 5.08. The van der Waals surface area contributed by atoms with Crippen LogP contribution < -0.4 is 4.72 Å². The van der Waals surface area contributed by atoms with Gasteiger partial charge >= 0.3 is 0 Å². The van der Waals surface area contributed by atoms with Crippen molar-refractivity contribution in [2.24, 2.45) is 5.92 Å². The van der Waals surface area contributed by atoms with Crippen molar-refractivity contribution in [1.29, 1.82) is 5.26 Å². The van der Waals surface area contributed by atoms with Crippen molar-refractivity contribution >= 4 is 21.6 Å². The van der Waals surface area contributed by atoms with E-state index in [1.54, 1.807) is 0 Å². The van der Waals surface area contributed by atoms with E-state index in [0.717, 1.165) is 0 Å². The van der Waals surface area contributed by atoms with Crippen LogP contribution >= 0.6 is 11.6 Å². The summed E-state index contributed by atoms with van der Waals surface area (Å²) in [6.07, 6.45) is 0. The van der Waals surface area contributed by atoms with Crippen LogP contribution in [0.3, 0.4) is 0 Å². The Morgan fingerprint density at radius 2 is 2.15 bits per heavy atom. The van der Waals surface area contributed by atoms with E-state index in [1.165, 1.54) is 18.2 Å². The largest absolute Gasteiger partial charge is 0.380 e. The van der Waals surface area contributed by atoms with Crippen LogP contribution in [-0.4, -0.2) is 28.2 Å². The highest BCUT2D eigenvalue weighted by molar-refractivity contribution is 7.89. The van der Waals surface area contributed by atoms with Gasteiger partial charge < -0.3 is 4.74 Å². The topological polar surface area (TPSA) is 79.2 Å². The van der Waals surface area contributed by atoms with E-state index in [2.05, 4.69) is 4.72 Å². The van der Waals surface area contributed by atoms with Gasteiger partial charge in [0, 0.05) is 13.2 Å². The first-order valence-electron chi connectivity index (χ1n) is 6.14. The van der Waals surface area contributed by atoms with Crippen LogP contribution in [0.5, 0.6) is 0 Å². The highest BCUT2D eigenvalue weighted by atomic mass is 35.5. The van der Waals surface area contributed by atoms with Crippen LogP contribution in [0.1, 0.15) is 19.4 Å². The second-order valence-corrected chi connectivity index (χ2v) is 6.77. The Hall–Kier alpha value is -1.13. The van der Waals surface area contributed by atoms with E-state index in [-0.39, 0.29) is 16.5 Å². The predicted octanol–water partition coefficient (Wildman–Crippen LogP) is 2.16. The van der Waals surface area contributed by atoms with Gasteiger partial charge in [0.1, 0.15) is 4.90 Å². The molecule has 1 aromatic carbocycles. The minimum Gasteiger partial charge on any atom is -0.380 e. The highest BCUT2D eigenvalue weighted by Crippen LogP contribution is 2.22. The smallest absolute Gasteiger partial charge is 0.242 e. The van der Waals surface area contributed by atoms with Gasteiger partial charge in [0.15, 0.2) is 0 Å². The molecule has 0 aromatic heterocycles. The van der Waals surface area contributed by atoms with Gasteiger partial charge in [-0.3, -0.25) is 0 Å². The molecule has 0 fully saturated rings. The summed E-state index contributed by atoms with van der Waals surface area (Å²) < 4.78 is 31.7. The number of ether oxygens (including phenoxy) is 1. The fourth-order valence-electron chi connectivity index (χ4n) is 1.43. The molecule has 0 spiro atoms. The van der Waals surface area contributed by atoms with Crippen LogP contribution in [0.2, 0.25) is 5.02 Å². The Morgan fingerprint density at radius 1 is 1.45 bits per heavy atom. The second kappa shape index (κ2) is 7.60. The van der Waals surface area contributed by atoms with Gasteiger partial charge in [-0.25, -0.2) is 13.1 Å². The summed E-state index contributed by atoms with van der Waals surface area (Å²) >= 11 is 5.87. The maximum absolute atomic E-state index is 12.0. The first kappa shape index (κ1) is 16.9. The first-order chi connectivity index (χ1) is 9.36. The van der Waals surface area contributed by atoms with Crippen LogP contribution in [0.15, 0.2) is 23.1 Å². The molecule has 0 saturated carbocycles. The Balaban J connectivity index is 2.63. The molecule has 0 aliphatic rings. The second-order valence-electron chi connectivity index (χ2n) is 4.62. The molecule has 1 aromatic rings. The standard InChI is InChI=1S/C13H17ClN2O3S/c1-10(2)9-19-6-5-16-20(17,18)13-4-3-11(8-15)7-12(13)14/h3-4,7,10,16H,5-6,9H2,1-2H3. The molecule has 0 heterocycles. The van der Waals surface area contributed by atoms with E-state index in [9.17, 15) is 8.42 Å². The number of nitrogens with one attached hydrogen (secondary N) is 1. The molecule has 0 unspecified atom stereocenters. The number of hydrogen-bond donors (Lipinski definition) is 1. The number of sulfonamides is 1. The van der Waals surface area contributed by atoms with Crippen molar-refractivity contribution in [3.05, 3.63) is 28.8 Å². The first-order valence-corrected chi connectivity index (χ1v) is 8.00. The predicted molar refractivity (Wildman–Crippen MR) is 77.0 cm³/mol. The number of benzene rings is 1. The Bertz CT molecular complexity index is 594. The molecule has 1 N–H and O–H groups in total.